The number of hydrogen-bond acceptors (Lipinski definition) is 2. The van der Waals surface area contributed by atoms with E-state index in [1.165, 1.54) is 33.6 Å². The van der Waals surface area contributed by atoms with Gasteiger partial charge in [0.05, 0.1) is 34.2 Å². The fourth-order valence-corrected chi connectivity index (χ4v) is 7.24. The Morgan fingerprint density at radius 3 is 1.06 bits per heavy atom. The molecule has 0 fully saturated rings. The number of nitrogens with one attached hydrogen (secondary N) is 2. The lowest BCUT2D eigenvalue weighted by Gasteiger charge is -2.39. The summed E-state index contributed by atoms with van der Waals surface area (Å²) < 4.78 is 4.70. The van der Waals surface area contributed by atoms with Crippen molar-refractivity contribution in [2.24, 2.45) is 0 Å². The molecular formula is C44H56N6. The topological polar surface area (TPSA) is 67.2 Å². The monoisotopic (exact) mass is 668 g/mol. The number of H-pyrrole nitrogens is 2. The van der Waals surface area contributed by atoms with E-state index >= 15 is 0 Å². The normalized spacial score (nSPS) is 12.7. The maximum absolute atomic E-state index is 5.50. The second-order valence-corrected chi connectivity index (χ2v) is 16.2. The first-order valence-corrected chi connectivity index (χ1v) is 18.4. The van der Waals surface area contributed by atoms with Crippen molar-refractivity contribution < 1.29 is 0 Å². The zero-order valence-corrected chi connectivity index (χ0v) is 32.2. The quantitative estimate of drug-likeness (QED) is 0.144. The van der Waals surface area contributed by atoms with Crippen LogP contribution in [0.2, 0.25) is 0 Å². The van der Waals surface area contributed by atoms with Gasteiger partial charge in [-0.1, -0.05) is 119 Å². The zero-order valence-electron chi connectivity index (χ0n) is 32.2. The molecule has 4 heterocycles. The van der Waals surface area contributed by atoms with E-state index in [1.54, 1.807) is 0 Å². The van der Waals surface area contributed by atoms with Crippen LogP contribution < -0.4 is 0 Å². The van der Waals surface area contributed by atoms with Crippen molar-refractivity contribution >= 4 is 0 Å². The predicted octanol–water partition coefficient (Wildman–Crippen LogP) is 11.8. The average molecular weight is 669 g/mol. The summed E-state index contributed by atoms with van der Waals surface area (Å²) in [7, 11) is 0. The number of imidazole rings is 2. The molecule has 2 aromatic carbocycles. The minimum Gasteiger partial charge on any atom is -0.359 e. The van der Waals surface area contributed by atoms with Crippen LogP contribution in [0, 0.1) is 0 Å². The van der Waals surface area contributed by atoms with Gasteiger partial charge in [0.1, 0.15) is 0 Å². The van der Waals surface area contributed by atoms with Gasteiger partial charge in [-0.15, -0.1) is 0 Å². The first-order valence-electron chi connectivity index (χ1n) is 18.4. The van der Waals surface area contributed by atoms with Crippen LogP contribution in [0.4, 0.5) is 0 Å². The Kier molecular flexibility index (Phi) is 9.36. The van der Waals surface area contributed by atoms with E-state index in [9.17, 15) is 0 Å². The summed E-state index contributed by atoms with van der Waals surface area (Å²) >= 11 is 0. The summed E-state index contributed by atoms with van der Waals surface area (Å²) in [6.45, 7) is 27.5. The van der Waals surface area contributed by atoms with Gasteiger partial charge in [-0.05, 0) is 70.2 Å². The molecule has 0 saturated carbocycles. The summed E-state index contributed by atoms with van der Waals surface area (Å²) in [6.07, 6.45) is 8.55. The van der Waals surface area contributed by atoms with Crippen molar-refractivity contribution in [2.45, 2.75) is 118 Å². The first-order chi connectivity index (χ1) is 23.6. The predicted molar refractivity (Wildman–Crippen MR) is 209 cm³/mol. The molecule has 6 aromatic rings. The van der Waals surface area contributed by atoms with Crippen molar-refractivity contribution in [1.29, 1.82) is 0 Å². The molecule has 262 valence electrons. The van der Waals surface area contributed by atoms with E-state index in [-0.39, 0.29) is 0 Å². The van der Waals surface area contributed by atoms with E-state index in [2.05, 4.69) is 175 Å². The summed E-state index contributed by atoms with van der Waals surface area (Å²) in [5.41, 5.74) is 11.0. The van der Waals surface area contributed by atoms with Crippen LogP contribution in [-0.4, -0.2) is 29.1 Å². The highest BCUT2D eigenvalue weighted by Gasteiger charge is 2.44. The number of hydrogen-bond donors (Lipinski definition) is 2. The largest absolute Gasteiger partial charge is 0.359 e. The van der Waals surface area contributed by atoms with Crippen LogP contribution in [0.5, 0.6) is 0 Å². The van der Waals surface area contributed by atoms with Crippen molar-refractivity contribution in [1.82, 2.24) is 29.1 Å². The lowest BCUT2D eigenvalue weighted by Crippen LogP contribution is -2.41. The van der Waals surface area contributed by atoms with Gasteiger partial charge in [0.2, 0.25) is 0 Å². The molecule has 0 amide bonds. The molecule has 6 nitrogen and oxygen atoms in total. The highest BCUT2D eigenvalue weighted by Crippen LogP contribution is 2.46. The van der Waals surface area contributed by atoms with Crippen LogP contribution in [0.1, 0.15) is 140 Å². The van der Waals surface area contributed by atoms with Gasteiger partial charge in [-0.3, -0.25) is 9.13 Å². The number of aromatic nitrogens is 6. The molecule has 0 spiro atoms. The Hall–Kier alpha value is -4.58. The maximum Gasteiger partial charge on any atom is 0.161 e. The molecule has 6 rings (SSSR count). The van der Waals surface area contributed by atoms with Crippen LogP contribution in [0.15, 0.2) is 85.5 Å². The molecule has 2 N–H and O–H groups in total. The van der Waals surface area contributed by atoms with Gasteiger partial charge in [0, 0.05) is 35.6 Å². The second-order valence-electron chi connectivity index (χ2n) is 16.2. The van der Waals surface area contributed by atoms with Crippen molar-refractivity contribution in [2.75, 3.05) is 0 Å². The third-order valence-electron chi connectivity index (χ3n) is 11.1. The molecule has 50 heavy (non-hydrogen) atoms. The van der Waals surface area contributed by atoms with Crippen molar-refractivity contribution in [3.05, 3.63) is 119 Å². The minimum absolute atomic E-state index is 0.357. The van der Waals surface area contributed by atoms with Crippen LogP contribution in [0.3, 0.4) is 0 Å². The van der Waals surface area contributed by atoms with Crippen LogP contribution in [-0.2, 0) is 10.8 Å². The summed E-state index contributed by atoms with van der Waals surface area (Å²) in [5, 5.41) is 0. The lowest BCUT2D eigenvalue weighted by molar-refractivity contribution is 0.290. The first kappa shape index (κ1) is 35.3. The third-order valence-corrected chi connectivity index (χ3v) is 11.1. The lowest BCUT2D eigenvalue weighted by atomic mass is 9.64. The number of benzene rings is 2. The Balaban J connectivity index is 1.57. The fourth-order valence-electron chi connectivity index (χ4n) is 7.24. The maximum atomic E-state index is 5.50. The Morgan fingerprint density at radius 1 is 0.480 bits per heavy atom. The molecule has 0 aliphatic heterocycles. The van der Waals surface area contributed by atoms with Crippen LogP contribution >= 0.6 is 0 Å². The Bertz CT molecular complexity index is 1860. The number of aromatic amines is 2. The minimum atomic E-state index is -0.408. The molecule has 0 saturated heterocycles. The number of rotatable bonds is 11. The van der Waals surface area contributed by atoms with Gasteiger partial charge in [0.25, 0.3) is 0 Å². The number of para-hydroxylation sites is 2. The highest BCUT2D eigenvalue weighted by atomic mass is 15.1. The van der Waals surface area contributed by atoms with Crippen molar-refractivity contribution in [3.8, 4) is 34.4 Å². The highest BCUT2D eigenvalue weighted by molar-refractivity contribution is 5.63. The van der Waals surface area contributed by atoms with Crippen molar-refractivity contribution in [3.63, 3.8) is 0 Å². The van der Waals surface area contributed by atoms with Crippen LogP contribution in [0.25, 0.3) is 34.4 Å². The Morgan fingerprint density at radius 2 is 0.800 bits per heavy atom. The van der Waals surface area contributed by atoms with Gasteiger partial charge in [-0.2, -0.15) is 0 Å². The van der Waals surface area contributed by atoms with Gasteiger partial charge >= 0.3 is 0 Å². The number of nitrogens with zero attached hydrogens (tertiary/aromatic N) is 4. The molecule has 6 heteroatoms. The molecule has 0 aliphatic carbocycles. The smallest absolute Gasteiger partial charge is 0.161 e. The van der Waals surface area contributed by atoms with E-state index < -0.39 is 10.8 Å². The molecule has 0 aliphatic rings. The SMILES string of the molecule is CC(C)c1cccc(C(C)C)c1-n1cc(C(C)(C)C(C)(C)c2cn(-c3c(C(C)C)cccc3C(C)C)c(-c3ccc[nH]3)n2)nc1-c1ccc[nH]1. The van der Waals surface area contributed by atoms with E-state index in [0.717, 1.165) is 34.4 Å². The molecule has 0 bridgehead atoms. The molecule has 4 aromatic heterocycles. The molecule has 0 atom stereocenters. The van der Waals surface area contributed by atoms with Gasteiger partial charge in [0.15, 0.2) is 11.6 Å². The Labute approximate surface area is 299 Å². The summed E-state index contributed by atoms with van der Waals surface area (Å²) in [6, 6.07) is 21.8. The van der Waals surface area contributed by atoms with E-state index in [4.69, 9.17) is 9.97 Å². The van der Waals surface area contributed by atoms with Gasteiger partial charge < -0.3 is 9.97 Å². The summed E-state index contributed by atoms with van der Waals surface area (Å²) in [4.78, 5) is 17.9. The van der Waals surface area contributed by atoms with E-state index in [1.807, 2.05) is 12.4 Å². The zero-order chi connectivity index (χ0) is 36.1. The standard InChI is InChI=1S/C44H56N6/c1-27(2)31-17-13-18-32(28(3)4)39(31)49-25-37(47-41(49)35-21-15-23-45-35)43(9,10)44(11,12)38-26-50(42(48-38)36-22-16-24-46-36)40-33(29(5)6)19-14-20-34(40)30(7)8/h13-30,45-46H,1-12H3. The average Bonchev–Trinajstić information content (AvgIpc) is 3.89. The molecule has 0 unspecified atom stereocenters. The summed E-state index contributed by atoms with van der Waals surface area (Å²) in [5.74, 6) is 3.28. The fraction of sp³-hybridized carbons (Fsp3) is 0.409. The molecule has 0 radical (unpaired) electrons. The van der Waals surface area contributed by atoms with E-state index in [0.29, 0.717) is 23.7 Å². The third kappa shape index (κ3) is 5.97. The van der Waals surface area contributed by atoms with Gasteiger partial charge in [-0.25, -0.2) is 9.97 Å². The second kappa shape index (κ2) is 13.3. The molecular weight excluding hydrogens is 613 g/mol.